The molecule has 2 aliphatic rings. The molecule has 0 bridgehead atoms. The van der Waals surface area contributed by atoms with Crippen molar-refractivity contribution in [3.63, 3.8) is 0 Å². The van der Waals surface area contributed by atoms with E-state index in [2.05, 4.69) is 170 Å². The second-order valence-corrected chi connectivity index (χ2v) is 14.0. The lowest BCUT2D eigenvalue weighted by Gasteiger charge is -2.40. The highest BCUT2D eigenvalue weighted by molar-refractivity contribution is 6.05. The third-order valence-corrected chi connectivity index (χ3v) is 11.2. The first-order valence-electron chi connectivity index (χ1n) is 18.4. The van der Waals surface area contributed by atoms with Crippen molar-refractivity contribution >= 4 is 10.8 Å². The summed E-state index contributed by atoms with van der Waals surface area (Å²) in [6, 6.07) is 68.8. The van der Waals surface area contributed by atoms with Gasteiger partial charge in [-0.25, -0.2) is 9.97 Å². The van der Waals surface area contributed by atoms with E-state index in [1.165, 1.54) is 22.3 Å². The fraction of sp³-hybridized carbons (Fsp3) is 0.0196. The highest BCUT2D eigenvalue weighted by atomic mass is 16.5. The number of hydrogen-bond acceptors (Lipinski definition) is 3. The molecule has 0 radical (unpaired) electrons. The number of benzene rings is 8. The van der Waals surface area contributed by atoms with E-state index in [9.17, 15) is 0 Å². The van der Waals surface area contributed by atoms with E-state index < -0.39 is 5.41 Å². The molecular weight excluding hydrogens is 657 g/mol. The Morgan fingerprint density at radius 1 is 0.389 bits per heavy atom. The Balaban J connectivity index is 1.23. The number of para-hydroxylation sites is 2. The molecule has 0 saturated heterocycles. The van der Waals surface area contributed by atoms with Gasteiger partial charge in [-0.2, -0.15) is 0 Å². The van der Waals surface area contributed by atoms with E-state index in [1.54, 1.807) is 0 Å². The number of ether oxygens (including phenoxy) is 1. The van der Waals surface area contributed by atoms with Gasteiger partial charge in [0.05, 0.1) is 16.8 Å². The summed E-state index contributed by atoms with van der Waals surface area (Å²) in [5.41, 5.74) is 13.6. The quantitative estimate of drug-likeness (QED) is 0.185. The third kappa shape index (κ3) is 4.42. The SMILES string of the molecule is c1ccc(-c2cc(-c3c(-c4cccc5c4Oc4ccccc4C54c5ccccc5-c5ccccc54)ccc4ccccc34)nc(-c3ccccc3)n2)cc1. The predicted molar refractivity (Wildman–Crippen MR) is 219 cm³/mol. The van der Waals surface area contributed by atoms with Crippen LogP contribution >= 0.6 is 0 Å². The zero-order valence-electron chi connectivity index (χ0n) is 29.3. The van der Waals surface area contributed by atoms with Crippen molar-refractivity contribution in [3.8, 4) is 67.7 Å². The topological polar surface area (TPSA) is 35.0 Å². The van der Waals surface area contributed by atoms with Crippen molar-refractivity contribution in [2.45, 2.75) is 5.41 Å². The molecule has 0 fully saturated rings. The molecule has 1 aliphatic heterocycles. The second kappa shape index (κ2) is 12.0. The predicted octanol–water partition coefficient (Wildman–Crippen LogP) is 12.8. The van der Waals surface area contributed by atoms with Gasteiger partial charge >= 0.3 is 0 Å². The Morgan fingerprint density at radius 2 is 0.963 bits per heavy atom. The minimum absolute atomic E-state index is 0.555. The average Bonchev–Trinajstić information content (AvgIpc) is 3.54. The Kier molecular flexibility index (Phi) is 6.77. The van der Waals surface area contributed by atoms with Crippen molar-refractivity contribution in [3.05, 3.63) is 216 Å². The zero-order chi connectivity index (χ0) is 35.6. The molecule has 0 unspecified atom stereocenters. The van der Waals surface area contributed by atoms with Gasteiger partial charge < -0.3 is 4.74 Å². The van der Waals surface area contributed by atoms with Crippen molar-refractivity contribution in [2.75, 3.05) is 0 Å². The number of aromatic nitrogens is 2. The number of rotatable bonds is 4. The Morgan fingerprint density at radius 3 is 1.72 bits per heavy atom. The van der Waals surface area contributed by atoms with Gasteiger partial charge in [0, 0.05) is 33.4 Å². The van der Waals surface area contributed by atoms with E-state index >= 15 is 0 Å². The fourth-order valence-electron chi connectivity index (χ4n) is 8.91. The summed E-state index contributed by atoms with van der Waals surface area (Å²) >= 11 is 0. The van der Waals surface area contributed by atoms with E-state index in [4.69, 9.17) is 14.7 Å². The van der Waals surface area contributed by atoms with Crippen LogP contribution in [-0.2, 0) is 5.41 Å². The molecule has 54 heavy (non-hydrogen) atoms. The summed E-state index contributed by atoms with van der Waals surface area (Å²) in [5.74, 6) is 2.41. The lowest BCUT2D eigenvalue weighted by atomic mass is 9.65. The first-order valence-corrected chi connectivity index (χ1v) is 18.4. The van der Waals surface area contributed by atoms with Crippen molar-refractivity contribution in [1.29, 1.82) is 0 Å². The van der Waals surface area contributed by atoms with Crippen LogP contribution in [-0.4, -0.2) is 9.97 Å². The Hall–Kier alpha value is -7.10. The highest BCUT2D eigenvalue weighted by Gasteiger charge is 2.51. The van der Waals surface area contributed by atoms with Crippen molar-refractivity contribution in [1.82, 2.24) is 9.97 Å². The number of fused-ring (bicyclic) bond motifs is 10. The van der Waals surface area contributed by atoms with E-state index in [-0.39, 0.29) is 0 Å². The van der Waals surface area contributed by atoms with Gasteiger partial charge in [-0.1, -0.05) is 182 Å². The van der Waals surface area contributed by atoms with Crippen molar-refractivity contribution in [2.24, 2.45) is 0 Å². The van der Waals surface area contributed by atoms with Gasteiger partial charge in [0.1, 0.15) is 11.5 Å². The van der Waals surface area contributed by atoms with Crippen LogP contribution in [0.2, 0.25) is 0 Å². The molecule has 2 heterocycles. The van der Waals surface area contributed by atoms with E-state index in [1.807, 2.05) is 24.3 Å². The van der Waals surface area contributed by atoms with Crippen molar-refractivity contribution < 1.29 is 4.74 Å². The van der Waals surface area contributed by atoms with Crippen LogP contribution in [0, 0.1) is 0 Å². The van der Waals surface area contributed by atoms with Gasteiger partial charge in [-0.05, 0) is 50.7 Å². The molecule has 3 nitrogen and oxygen atoms in total. The molecule has 0 N–H and O–H groups in total. The highest BCUT2D eigenvalue weighted by Crippen LogP contribution is 2.63. The van der Waals surface area contributed by atoms with Gasteiger partial charge in [-0.3, -0.25) is 0 Å². The largest absolute Gasteiger partial charge is 0.456 e. The van der Waals surface area contributed by atoms with Crippen LogP contribution in [0.15, 0.2) is 194 Å². The van der Waals surface area contributed by atoms with Gasteiger partial charge in [0.15, 0.2) is 5.82 Å². The Bertz CT molecular complexity index is 2810. The minimum Gasteiger partial charge on any atom is -0.456 e. The van der Waals surface area contributed by atoms with Crippen LogP contribution < -0.4 is 4.74 Å². The fourth-order valence-corrected chi connectivity index (χ4v) is 8.91. The molecule has 0 amide bonds. The Labute approximate surface area is 313 Å². The lowest BCUT2D eigenvalue weighted by Crippen LogP contribution is -2.32. The monoisotopic (exact) mass is 688 g/mol. The summed E-state index contributed by atoms with van der Waals surface area (Å²) in [6.07, 6.45) is 0. The first kappa shape index (κ1) is 30.5. The minimum atomic E-state index is -0.555. The number of nitrogens with zero attached hydrogens (tertiary/aromatic N) is 2. The summed E-state index contributed by atoms with van der Waals surface area (Å²) < 4.78 is 7.14. The summed E-state index contributed by atoms with van der Waals surface area (Å²) in [7, 11) is 0. The molecule has 252 valence electrons. The standard InChI is InChI=1S/C51H32N2O/c1-3-17-34(18-4-1)45-32-46(53-50(52-45)35-19-5-2-6-20-35)48-36-21-8-7-16-33(36)30-31-39(48)40-24-15-28-44-49(40)54-47-29-14-13-27-43(47)51(44)41-25-11-9-22-37(41)38-23-10-12-26-42(38)51/h1-32H. The first-order chi connectivity index (χ1) is 26.8. The zero-order valence-corrected chi connectivity index (χ0v) is 29.3. The van der Waals surface area contributed by atoms with Gasteiger partial charge in [-0.15, -0.1) is 0 Å². The smallest absolute Gasteiger partial charge is 0.160 e. The molecule has 1 spiro atoms. The molecule has 11 rings (SSSR count). The molecule has 3 heteroatoms. The molecule has 1 aromatic heterocycles. The van der Waals surface area contributed by atoms with Gasteiger partial charge in [0.25, 0.3) is 0 Å². The van der Waals surface area contributed by atoms with Crippen LogP contribution in [0.25, 0.3) is 66.9 Å². The van der Waals surface area contributed by atoms with Crippen LogP contribution in [0.3, 0.4) is 0 Å². The van der Waals surface area contributed by atoms with Crippen LogP contribution in [0.4, 0.5) is 0 Å². The summed E-state index contributed by atoms with van der Waals surface area (Å²) in [6.45, 7) is 0. The van der Waals surface area contributed by atoms with Gasteiger partial charge in [0.2, 0.25) is 0 Å². The molecule has 1 aliphatic carbocycles. The van der Waals surface area contributed by atoms with Crippen LogP contribution in [0.5, 0.6) is 11.5 Å². The third-order valence-electron chi connectivity index (χ3n) is 11.2. The molecule has 8 aromatic carbocycles. The second-order valence-electron chi connectivity index (χ2n) is 14.0. The average molecular weight is 689 g/mol. The summed E-state index contributed by atoms with van der Waals surface area (Å²) in [5, 5.41) is 2.26. The maximum Gasteiger partial charge on any atom is 0.160 e. The van der Waals surface area contributed by atoms with Crippen LogP contribution in [0.1, 0.15) is 22.3 Å². The maximum atomic E-state index is 7.14. The molecule has 0 saturated carbocycles. The molecule has 0 atom stereocenters. The molecule has 9 aromatic rings. The summed E-state index contributed by atoms with van der Waals surface area (Å²) in [4.78, 5) is 10.5. The number of hydrogen-bond donors (Lipinski definition) is 0. The normalized spacial score (nSPS) is 13.1. The lowest BCUT2D eigenvalue weighted by molar-refractivity contribution is 0.438. The molecular formula is C51H32N2O. The van der Waals surface area contributed by atoms with E-state index in [0.717, 1.165) is 72.6 Å². The maximum absolute atomic E-state index is 7.14. The van der Waals surface area contributed by atoms with E-state index in [0.29, 0.717) is 5.82 Å².